The zero-order chi connectivity index (χ0) is 18.9. The van der Waals surface area contributed by atoms with E-state index in [0.717, 1.165) is 32.1 Å². The number of rotatable bonds is 4. The topological polar surface area (TPSA) is 73.0 Å². The summed E-state index contributed by atoms with van der Waals surface area (Å²) in [6, 6.07) is -0.837. The Morgan fingerprint density at radius 1 is 1.12 bits per heavy atom. The zero-order valence-electron chi connectivity index (χ0n) is 15.2. The first kappa shape index (κ1) is 19.9. The molecule has 2 heterocycles. The molecule has 1 N–H and O–H groups in total. The summed E-state index contributed by atoms with van der Waals surface area (Å²) in [5.74, 6) is -3.21. The van der Waals surface area contributed by atoms with Crippen molar-refractivity contribution in [2.45, 2.75) is 56.5 Å². The second-order valence-electron chi connectivity index (χ2n) is 7.53. The van der Waals surface area contributed by atoms with Gasteiger partial charge in [0.05, 0.1) is 12.6 Å². The van der Waals surface area contributed by atoms with Crippen molar-refractivity contribution in [1.29, 1.82) is 0 Å². The van der Waals surface area contributed by atoms with Crippen molar-refractivity contribution in [3.05, 3.63) is 0 Å². The molecule has 0 bridgehead atoms. The third-order valence-electron chi connectivity index (χ3n) is 5.74. The summed E-state index contributed by atoms with van der Waals surface area (Å²) in [6.45, 7) is 0.396. The lowest BCUT2D eigenvalue weighted by Crippen LogP contribution is -2.57. The number of hydrogen-bond acceptors (Lipinski definition) is 4. The minimum Gasteiger partial charge on any atom is -0.339 e. The summed E-state index contributed by atoms with van der Waals surface area (Å²) in [6.07, 6.45) is 4.53. The number of carbonyl (C=O) groups is 1. The smallest absolute Gasteiger partial charge is 0.282 e. The average Bonchev–Trinajstić information content (AvgIpc) is 3.01. The number of carbonyl (C=O) groups excluding carboxylic acids is 1. The number of hydrogen-bond donors (Lipinski definition) is 1. The molecule has 0 aromatic carbocycles. The summed E-state index contributed by atoms with van der Waals surface area (Å²) < 4.78 is 55.1. The number of nitrogens with one attached hydrogen (secondary N) is 1. The van der Waals surface area contributed by atoms with Gasteiger partial charge in [-0.3, -0.25) is 10.1 Å². The molecule has 1 amide bonds. The van der Waals surface area contributed by atoms with Gasteiger partial charge in [0, 0.05) is 45.7 Å². The van der Waals surface area contributed by atoms with Crippen LogP contribution in [0.4, 0.5) is 8.78 Å². The van der Waals surface area contributed by atoms with Crippen LogP contribution in [0.25, 0.3) is 0 Å². The minimum atomic E-state index is -3.56. The molecule has 150 valence electrons. The molecule has 0 aromatic rings. The van der Waals surface area contributed by atoms with Gasteiger partial charge in [0.2, 0.25) is 5.91 Å². The number of halogens is 2. The fraction of sp³-hybridized carbons (Fsp3) is 0.938. The molecule has 0 radical (unpaired) electrons. The summed E-state index contributed by atoms with van der Waals surface area (Å²) in [5, 5.41) is 2.57. The minimum absolute atomic E-state index is 0.0401. The van der Waals surface area contributed by atoms with Gasteiger partial charge in [-0.25, -0.2) is 8.78 Å². The van der Waals surface area contributed by atoms with Gasteiger partial charge in [-0.2, -0.15) is 17.0 Å². The highest BCUT2D eigenvalue weighted by atomic mass is 32.2. The predicted octanol–water partition coefficient (Wildman–Crippen LogP) is 0.637. The Labute approximate surface area is 153 Å². The number of alkyl halides is 2. The van der Waals surface area contributed by atoms with Crippen LogP contribution >= 0.6 is 0 Å². The van der Waals surface area contributed by atoms with Crippen LogP contribution < -0.4 is 5.32 Å². The molecular weight excluding hydrogens is 366 g/mol. The number of nitrogens with zero attached hydrogens (tertiary/aromatic N) is 3. The highest BCUT2D eigenvalue weighted by Gasteiger charge is 2.44. The Balaban J connectivity index is 1.55. The van der Waals surface area contributed by atoms with Gasteiger partial charge in [-0.15, -0.1) is 0 Å². The predicted molar refractivity (Wildman–Crippen MR) is 93.1 cm³/mol. The van der Waals surface area contributed by atoms with E-state index in [1.807, 2.05) is 0 Å². The van der Waals surface area contributed by atoms with Crippen molar-refractivity contribution in [2.24, 2.45) is 0 Å². The maximum Gasteiger partial charge on any atom is 0.282 e. The second kappa shape index (κ2) is 7.65. The Morgan fingerprint density at radius 3 is 2.27 bits per heavy atom. The summed E-state index contributed by atoms with van der Waals surface area (Å²) >= 11 is 0. The van der Waals surface area contributed by atoms with Crippen LogP contribution in [0.1, 0.15) is 38.5 Å². The molecule has 2 saturated heterocycles. The van der Waals surface area contributed by atoms with E-state index in [-0.39, 0.29) is 38.1 Å². The first-order valence-corrected chi connectivity index (χ1v) is 10.7. The van der Waals surface area contributed by atoms with E-state index in [1.54, 1.807) is 7.05 Å². The molecule has 3 fully saturated rings. The van der Waals surface area contributed by atoms with Gasteiger partial charge in [-0.05, 0) is 12.8 Å². The van der Waals surface area contributed by atoms with Gasteiger partial charge in [0.25, 0.3) is 16.1 Å². The fourth-order valence-corrected chi connectivity index (χ4v) is 5.64. The van der Waals surface area contributed by atoms with Crippen molar-refractivity contribution in [3.63, 3.8) is 0 Å². The molecule has 0 spiro atoms. The Kier molecular flexibility index (Phi) is 5.86. The summed E-state index contributed by atoms with van der Waals surface area (Å²) in [7, 11) is -1.92. The third kappa shape index (κ3) is 4.18. The van der Waals surface area contributed by atoms with Crippen LogP contribution in [-0.2, 0) is 15.0 Å². The van der Waals surface area contributed by atoms with Crippen molar-refractivity contribution < 1.29 is 22.0 Å². The van der Waals surface area contributed by atoms with Gasteiger partial charge in [-0.1, -0.05) is 19.3 Å². The van der Waals surface area contributed by atoms with Gasteiger partial charge in [0.1, 0.15) is 0 Å². The normalized spacial score (nSPS) is 28.6. The highest BCUT2D eigenvalue weighted by Crippen LogP contribution is 2.27. The molecule has 1 unspecified atom stereocenters. The van der Waals surface area contributed by atoms with Gasteiger partial charge < -0.3 is 4.90 Å². The Bertz CT molecular complexity index is 617. The van der Waals surface area contributed by atoms with Crippen LogP contribution in [0.2, 0.25) is 0 Å². The molecule has 1 aliphatic carbocycles. The molecule has 26 heavy (non-hydrogen) atoms. The van der Waals surface area contributed by atoms with Crippen LogP contribution in [-0.4, -0.2) is 85.6 Å². The lowest BCUT2D eigenvalue weighted by Gasteiger charge is -2.39. The van der Waals surface area contributed by atoms with E-state index in [9.17, 15) is 22.0 Å². The van der Waals surface area contributed by atoms with E-state index in [2.05, 4.69) is 5.32 Å². The molecule has 2 aliphatic heterocycles. The third-order valence-corrected chi connectivity index (χ3v) is 7.78. The molecule has 10 heteroatoms. The lowest BCUT2D eigenvalue weighted by atomic mass is 9.96. The molecule has 0 aromatic heterocycles. The van der Waals surface area contributed by atoms with E-state index < -0.39 is 35.1 Å². The van der Waals surface area contributed by atoms with Crippen molar-refractivity contribution in [3.8, 4) is 0 Å². The molecule has 1 atom stereocenters. The molecule has 3 rings (SSSR count). The van der Waals surface area contributed by atoms with Crippen LogP contribution in [0.3, 0.4) is 0 Å². The van der Waals surface area contributed by atoms with Gasteiger partial charge >= 0.3 is 0 Å². The Morgan fingerprint density at radius 2 is 1.73 bits per heavy atom. The molecule has 3 aliphatic rings. The zero-order valence-corrected chi connectivity index (χ0v) is 16.0. The first-order chi connectivity index (χ1) is 12.2. The van der Waals surface area contributed by atoms with Crippen molar-refractivity contribution in [1.82, 2.24) is 18.8 Å². The summed E-state index contributed by atoms with van der Waals surface area (Å²) in [4.78, 5) is 13.9. The van der Waals surface area contributed by atoms with Gasteiger partial charge in [0.15, 0.2) is 0 Å². The van der Waals surface area contributed by atoms with E-state index in [1.165, 1.54) is 13.5 Å². The lowest BCUT2D eigenvalue weighted by molar-refractivity contribution is -0.134. The van der Waals surface area contributed by atoms with E-state index in [4.69, 9.17) is 0 Å². The van der Waals surface area contributed by atoms with E-state index >= 15 is 0 Å². The monoisotopic (exact) mass is 394 g/mol. The maximum absolute atomic E-state index is 13.3. The van der Waals surface area contributed by atoms with Crippen LogP contribution in [0, 0.1) is 0 Å². The van der Waals surface area contributed by atoms with Crippen molar-refractivity contribution >= 4 is 16.1 Å². The number of piperazine rings is 1. The van der Waals surface area contributed by atoms with Crippen LogP contribution in [0.5, 0.6) is 0 Å². The fourth-order valence-electron chi connectivity index (χ4n) is 4.06. The average molecular weight is 394 g/mol. The van der Waals surface area contributed by atoms with Crippen LogP contribution in [0.15, 0.2) is 0 Å². The quantitative estimate of drug-likeness (QED) is 0.760. The SMILES string of the molecule is CN(C1CCCCC1)S(=O)(=O)N1CCN(C(=O)C2CC(F)(F)CN2)CC1. The maximum atomic E-state index is 13.3. The number of amides is 1. The second-order valence-corrected chi connectivity index (χ2v) is 9.52. The summed E-state index contributed by atoms with van der Waals surface area (Å²) in [5.41, 5.74) is 0. The van der Waals surface area contributed by atoms with Crippen molar-refractivity contribution in [2.75, 3.05) is 39.8 Å². The first-order valence-electron chi connectivity index (χ1n) is 9.34. The molecule has 1 saturated carbocycles. The highest BCUT2D eigenvalue weighted by molar-refractivity contribution is 7.86. The van der Waals surface area contributed by atoms with E-state index in [0.29, 0.717) is 0 Å². The largest absolute Gasteiger partial charge is 0.339 e. The Hall–Kier alpha value is -0.840. The molecular formula is C16H28F2N4O3S. The molecule has 7 nitrogen and oxygen atoms in total. The standard InChI is InChI=1S/C16H28F2N4O3S/c1-20(13-5-3-2-4-6-13)26(24,25)22-9-7-21(8-10-22)15(23)14-11-16(17,18)12-19-14/h13-14,19H,2-12H2,1H3.